The van der Waals surface area contributed by atoms with Gasteiger partial charge in [-0.05, 0) is 18.4 Å². The number of carboxylic acid groups (broad SMARTS) is 1. The van der Waals surface area contributed by atoms with E-state index in [2.05, 4.69) is 10.3 Å². The number of rotatable bonds is 6. The fourth-order valence-corrected chi connectivity index (χ4v) is 3.29. The van der Waals surface area contributed by atoms with E-state index in [4.69, 9.17) is 5.11 Å². The van der Waals surface area contributed by atoms with Crippen LogP contribution in [-0.2, 0) is 11.3 Å². The number of thioether (sulfide) groups is 2. The van der Waals surface area contributed by atoms with Gasteiger partial charge in [0.25, 0.3) is 11.5 Å². The first kappa shape index (κ1) is 15.9. The minimum absolute atomic E-state index is 0.114. The molecule has 114 valence electrons. The van der Waals surface area contributed by atoms with Gasteiger partial charge in [-0.2, -0.15) is 11.8 Å². The molecule has 0 saturated carbocycles. The molecular formula is C12H15N3O4S2. The van der Waals surface area contributed by atoms with Gasteiger partial charge in [0.05, 0.1) is 0 Å². The molecule has 2 heterocycles. The normalized spacial score (nSPS) is 14.5. The van der Waals surface area contributed by atoms with Crippen molar-refractivity contribution in [2.45, 2.75) is 24.2 Å². The van der Waals surface area contributed by atoms with Crippen LogP contribution in [0.3, 0.4) is 0 Å². The Hall–Kier alpha value is -1.48. The maximum absolute atomic E-state index is 12.2. The molecule has 0 aromatic carbocycles. The lowest BCUT2D eigenvalue weighted by atomic mass is 10.2. The van der Waals surface area contributed by atoms with E-state index in [1.165, 1.54) is 34.3 Å². The highest BCUT2D eigenvalue weighted by Crippen LogP contribution is 2.20. The van der Waals surface area contributed by atoms with E-state index >= 15 is 0 Å². The van der Waals surface area contributed by atoms with Crippen LogP contribution in [0.2, 0.25) is 0 Å². The van der Waals surface area contributed by atoms with Crippen molar-refractivity contribution in [3.8, 4) is 0 Å². The fraction of sp³-hybridized carbons (Fsp3) is 0.500. The Balaban J connectivity index is 2.16. The van der Waals surface area contributed by atoms with Gasteiger partial charge in [0.15, 0.2) is 5.16 Å². The highest BCUT2D eigenvalue weighted by molar-refractivity contribution is 7.99. The summed E-state index contributed by atoms with van der Waals surface area (Å²) in [6.45, 7) is 0.516. The summed E-state index contributed by atoms with van der Waals surface area (Å²) in [7, 11) is 0. The van der Waals surface area contributed by atoms with Crippen LogP contribution in [0.4, 0.5) is 0 Å². The number of nitrogens with one attached hydrogen (secondary N) is 1. The van der Waals surface area contributed by atoms with E-state index < -0.39 is 23.5 Å². The molecule has 0 bridgehead atoms. The van der Waals surface area contributed by atoms with Crippen LogP contribution in [0.15, 0.2) is 16.1 Å². The molecule has 2 rings (SSSR count). The summed E-state index contributed by atoms with van der Waals surface area (Å²) in [6, 6.07) is -1.00. The number of carbonyl (C=O) groups is 2. The minimum atomic E-state index is -1.11. The molecule has 1 aliphatic heterocycles. The predicted molar refractivity (Wildman–Crippen MR) is 81.1 cm³/mol. The van der Waals surface area contributed by atoms with Crippen molar-refractivity contribution < 1.29 is 14.7 Å². The first-order valence-corrected chi connectivity index (χ1v) is 8.67. The van der Waals surface area contributed by atoms with Gasteiger partial charge in [0.2, 0.25) is 0 Å². The Labute approximate surface area is 129 Å². The molecule has 9 heteroatoms. The van der Waals surface area contributed by atoms with E-state index in [0.717, 1.165) is 5.75 Å². The number of amides is 1. The van der Waals surface area contributed by atoms with E-state index in [-0.39, 0.29) is 5.56 Å². The molecule has 0 unspecified atom stereocenters. The first-order chi connectivity index (χ1) is 10.0. The SMILES string of the molecule is CSCC[C@H](NC(=O)c1cnc2n(c1=O)CCS2)C(=O)O. The summed E-state index contributed by atoms with van der Waals surface area (Å²) in [6.07, 6.45) is 3.38. The van der Waals surface area contributed by atoms with Crippen LogP contribution in [0.5, 0.6) is 0 Å². The van der Waals surface area contributed by atoms with Gasteiger partial charge >= 0.3 is 5.97 Å². The maximum atomic E-state index is 12.2. The highest BCUT2D eigenvalue weighted by Gasteiger charge is 2.24. The Morgan fingerprint density at radius 2 is 2.38 bits per heavy atom. The summed E-state index contributed by atoms with van der Waals surface area (Å²) < 4.78 is 1.44. The van der Waals surface area contributed by atoms with E-state index in [1.54, 1.807) is 0 Å². The van der Waals surface area contributed by atoms with E-state index in [9.17, 15) is 14.4 Å². The lowest BCUT2D eigenvalue weighted by Crippen LogP contribution is -2.43. The van der Waals surface area contributed by atoms with Crippen molar-refractivity contribution in [1.29, 1.82) is 0 Å². The molecular weight excluding hydrogens is 314 g/mol. The van der Waals surface area contributed by atoms with E-state index in [0.29, 0.717) is 23.9 Å². The van der Waals surface area contributed by atoms with Crippen LogP contribution in [0.1, 0.15) is 16.8 Å². The lowest BCUT2D eigenvalue weighted by molar-refractivity contribution is -0.139. The Morgan fingerprint density at radius 1 is 1.62 bits per heavy atom. The van der Waals surface area contributed by atoms with E-state index in [1.807, 2.05) is 6.26 Å². The fourth-order valence-electron chi connectivity index (χ4n) is 1.90. The molecule has 0 spiro atoms. The molecule has 1 amide bonds. The molecule has 1 aromatic rings. The molecule has 0 radical (unpaired) electrons. The standard InChI is InChI=1S/C12H15N3O4S2/c1-20-4-2-8(11(18)19)14-9(16)7-6-13-12-15(10(7)17)3-5-21-12/h6,8H,2-5H2,1H3,(H,14,16)(H,18,19)/t8-/m0/s1. The molecule has 1 aliphatic rings. The first-order valence-electron chi connectivity index (χ1n) is 6.30. The second-order valence-corrected chi connectivity index (χ2v) is 6.45. The zero-order chi connectivity index (χ0) is 15.4. The average molecular weight is 329 g/mol. The van der Waals surface area contributed by atoms with Crippen molar-refractivity contribution in [2.24, 2.45) is 0 Å². The predicted octanol–water partition coefficient (Wildman–Crippen LogP) is 0.285. The number of aromatic nitrogens is 2. The second kappa shape index (κ2) is 6.99. The topological polar surface area (TPSA) is 101 Å². The molecule has 1 aromatic heterocycles. The van der Waals surface area contributed by atoms with Crippen molar-refractivity contribution in [2.75, 3.05) is 17.8 Å². The highest BCUT2D eigenvalue weighted by atomic mass is 32.2. The summed E-state index contributed by atoms with van der Waals surface area (Å²) >= 11 is 2.95. The molecule has 0 saturated heterocycles. The van der Waals surface area contributed by atoms with Gasteiger partial charge in [-0.15, -0.1) is 0 Å². The Morgan fingerprint density at radius 3 is 3.05 bits per heavy atom. The molecule has 7 nitrogen and oxygen atoms in total. The summed E-state index contributed by atoms with van der Waals surface area (Å²) in [5.41, 5.74) is -0.534. The zero-order valence-electron chi connectivity index (χ0n) is 11.4. The van der Waals surface area contributed by atoms with Crippen molar-refractivity contribution in [3.63, 3.8) is 0 Å². The largest absolute Gasteiger partial charge is 0.480 e. The third kappa shape index (κ3) is 3.59. The quantitative estimate of drug-likeness (QED) is 0.723. The van der Waals surface area contributed by atoms with Crippen molar-refractivity contribution in [1.82, 2.24) is 14.9 Å². The number of hydrogen-bond donors (Lipinski definition) is 2. The molecule has 1 atom stereocenters. The average Bonchev–Trinajstić information content (AvgIpc) is 2.92. The van der Waals surface area contributed by atoms with Crippen LogP contribution >= 0.6 is 23.5 Å². The third-order valence-electron chi connectivity index (χ3n) is 3.02. The van der Waals surface area contributed by atoms with Gasteiger partial charge in [0, 0.05) is 18.5 Å². The van der Waals surface area contributed by atoms with Gasteiger partial charge in [-0.1, -0.05) is 11.8 Å². The van der Waals surface area contributed by atoms with Gasteiger partial charge < -0.3 is 10.4 Å². The smallest absolute Gasteiger partial charge is 0.326 e. The Kier molecular flexibility index (Phi) is 5.29. The lowest BCUT2D eigenvalue weighted by Gasteiger charge is -2.14. The van der Waals surface area contributed by atoms with Gasteiger partial charge in [0.1, 0.15) is 11.6 Å². The molecule has 0 aliphatic carbocycles. The number of carbonyl (C=O) groups excluding carboxylic acids is 1. The van der Waals surface area contributed by atoms with Crippen LogP contribution in [0, 0.1) is 0 Å². The monoisotopic (exact) mass is 329 g/mol. The van der Waals surface area contributed by atoms with Gasteiger partial charge in [-0.3, -0.25) is 14.2 Å². The number of fused-ring (bicyclic) bond motifs is 1. The minimum Gasteiger partial charge on any atom is -0.480 e. The van der Waals surface area contributed by atoms with Crippen molar-refractivity contribution >= 4 is 35.4 Å². The molecule has 21 heavy (non-hydrogen) atoms. The number of aliphatic carboxylic acids is 1. The molecule has 2 N–H and O–H groups in total. The van der Waals surface area contributed by atoms with Crippen LogP contribution < -0.4 is 10.9 Å². The second-order valence-electron chi connectivity index (χ2n) is 4.41. The number of carboxylic acids is 1. The maximum Gasteiger partial charge on any atom is 0.326 e. The zero-order valence-corrected chi connectivity index (χ0v) is 13.0. The summed E-state index contributed by atoms with van der Waals surface area (Å²) in [4.78, 5) is 39.5. The van der Waals surface area contributed by atoms with Crippen molar-refractivity contribution in [3.05, 3.63) is 22.1 Å². The third-order valence-corrected chi connectivity index (χ3v) is 4.63. The number of hydrogen-bond acceptors (Lipinski definition) is 6. The van der Waals surface area contributed by atoms with Gasteiger partial charge in [-0.25, -0.2) is 9.78 Å². The summed E-state index contributed by atoms with van der Waals surface area (Å²) in [5.74, 6) is -0.441. The number of nitrogens with zero attached hydrogens (tertiary/aromatic N) is 2. The molecule has 0 fully saturated rings. The summed E-state index contributed by atoms with van der Waals surface area (Å²) in [5, 5.41) is 12.1. The van der Waals surface area contributed by atoms with Crippen LogP contribution in [-0.4, -0.2) is 50.3 Å². The van der Waals surface area contributed by atoms with Crippen LogP contribution in [0.25, 0.3) is 0 Å². The Bertz CT molecular complexity index is 617.